The molecule has 11 nitrogen and oxygen atoms in total. The lowest BCUT2D eigenvalue weighted by Crippen LogP contribution is -2.60. The van der Waals surface area contributed by atoms with Gasteiger partial charge in [0.25, 0.3) is 0 Å². The summed E-state index contributed by atoms with van der Waals surface area (Å²) >= 11 is 0. The molecule has 0 bridgehead atoms. The molecule has 1 saturated heterocycles. The Morgan fingerprint density at radius 2 is 0.805 bits per heavy atom. The van der Waals surface area contributed by atoms with E-state index in [-0.39, 0.29) is 12.8 Å². The number of unbranched alkanes of at least 4 members (excludes halogenated alkanes) is 40. The highest BCUT2D eigenvalue weighted by atomic mass is 16.7. The first-order valence-electron chi connectivity index (χ1n) is 32.9. The monoisotopic (exact) mass is 1090 g/mol. The molecule has 1 fully saturated rings. The molecular formula is C66H125NO10. The van der Waals surface area contributed by atoms with Gasteiger partial charge in [-0.3, -0.25) is 4.79 Å². The fourth-order valence-electron chi connectivity index (χ4n) is 10.6. The van der Waals surface area contributed by atoms with Crippen LogP contribution in [0.2, 0.25) is 0 Å². The Kier molecular flexibility index (Phi) is 52.3. The zero-order valence-corrected chi connectivity index (χ0v) is 50.0. The van der Waals surface area contributed by atoms with Gasteiger partial charge in [-0.05, 0) is 64.2 Å². The second kappa shape index (κ2) is 54.9. The number of carbonyl (C=O) groups excluding carboxylic acids is 1. The van der Waals surface area contributed by atoms with Crippen molar-refractivity contribution in [1.82, 2.24) is 5.32 Å². The number of aliphatic hydroxyl groups is 7. The molecule has 0 spiro atoms. The number of allylic oxidation sites excluding steroid dienone is 6. The van der Waals surface area contributed by atoms with Gasteiger partial charge in [0.15, 0.2) is 6.29 Å². The van der Waals surface area contributed by atoms with Gasteiger partial charge >= 0.3 is 0 Å². The summed E-state index contributed by atoms with van der Waals surface area (Å²) in [6.07, 6.45) is 58.0. The van der Waals surface area contributed by atoms with Gasteiger partial charge in [0.2, 0.25) is 5.91 Å². The van der Waals surface area contributed by atoms with E-state index >= 15 is 0 Å². The second-order valence-electron chi connectivity index (χ2n) is 23.2. The Labute approximate surface area is 473 Å². The maximum Gasteiger partial charge on any atom is 0.249 e. The number of aliphatic hydroxyl groups excluding tert-OH is 7. The highest BCUT2D eigenvalue weighted by Gasteiger charge is 2.44. The molecule has 1 rings (SSSR count). The van der Waals surface area contributed by atoms with Crippen LogP contribution in [-0.4, -0.2) is 110 Å². The molecule has 8 N–H and O–H groups in total. The van der Waals surface area contributed by atoms with E-state index in [0.29, 0.717) is 12.8 Å². The number of rotatable bonds is 57. The highest BCUT2D eigenvalue weighted by Crippen LogP contribution is 2.24. The zero-order valence-electron chi connectivity index (χ0n) is 50.0. The minimum Gasteiger partial charge on any atom is -0.394 e. The third kappa shape index (κ3) is 42.8. The summed E-state index contributed by atoms with van der Waals surface area (Å²) in [5, 5.41) is 76.3. The first-order valence-corrected chi connectivity index (χ1v) is 32.9. The van der Waals surface area contributed by atoms with Crippen LogP contribution in [0.25, 0.3) is 0 Å². The van der Waals surface area contributed by atoms with Crippen molar-refractivity contribution in [2.24, 2.45) is 0 Å². The topological polar surface area (TPSA) is 189 Å². The number of nitrogens with one attached hydrogen (secondary N) is 1. The second-order valence-corrected chi connectivity index (χ2v) is 23.2. The van der Waals surface area contributed by atoms with E-state index in [9.17, 15) is 40.5 Å². The third-order valence-corrected chi connectivity index (χ3v) is 15.9. The summed E-state index contributed by atoms with van der Waals surface area (Å²) in [4.78, 5) is 13.2. The van der Waals surface area contributed by atoms with E-state index in [0.717, 1.165) is 44.9 Å². The minimum atomic E-state index is -1.67. The van der Waals surface area contributed by atoms with Crippen molar-refractivity contribution < 1.29 is 50.0 Å². The molecule has 0 aromatic heterocycles. The number of hydrogen-bond donors (Lipinski definition) is 8. The van der Waals surface area contributed by atoms with Gasteiger partial charge < -0.3 is 50.5 Å². The van der Waals surface area contributed by atoms with Gasteiger partial charge in [0, 0.05) is 0 Å². The Morgan fingerprint density at radius 1 is 0.455 bits per heavy atom. The maximum absolute atomic E-state index is 13.2. The fraction of sp³-hybridized carbons (Fsp3) is 0.894. The molecule has 9 atom stereocenters. The Morgan fingerprint density at radius 3 is 1.22 bits per heavy atom. The van der Waals surface area contributed by atoms with Crippen LogP contribution in [-0.2, 0) is 14.3 Å². The smallest absolute Gasteiger partial charge is 0.249 e. The van der Waals surface area contributed by atoms with Gasteiger partial charge in [-0.1, -0.05) is 281 Å². The van der Waals surface area contributed by atoms with Gasteiger partial charge in [0.05, 0.1) is 25.4 Å². The highest BCUT2D eigenvalue weighted by molar-refractivity contribution is 5.80. The van der Waals surface area contributed by atoms with Crippen molar-refractivity contribution in [3.05, 3.63) is 36.5 Å². The van der Waals surface area contributed by atoms with Crippen molar-refractivity contribution in [3.8, 4) is 0 Å². The SMILES string of the molecule is CCCCC/C=C\C=C/CCCCCCCCCCCC(O)C(=O)NC(COC1OC(CO)C(O)C(O)C1O)C(O)C(O)CCC/C=C/CCCCCCCCCCCCCCCCCCCCCCCCCCCCC. The van der Waals surface area contributed by atoms with Crippen molar-refractivity contribution in [2.45, 2.75) is 364 Å². The Balaban J connectivity index is 2.22. The van der Waals surface area contributed by atoms with Crippen molar-refractivity contribution in [1.29, 1.82) is 0 Å². The van der Waals surface area contributed by atoms with Gasteiger partial charge in [-0.25, -0.2) is 0 Å². The van der Waals surface area contributed by atoms with E-state index < -0.39 is 74.2 Å². The molecule has 454 valence electrons. The molecule has 1 heterocycles. The van der Waals surface area contributed by atoms with E-state index in [2.05, 4.69) is 55.6 Å². The van der Waals surface area contributed by atoms with E-state index in [4.69, 9.17) is 9.47 Å². The van der Waals surface area contributed by atoms with E-state index in [1.807, 2.05) is 0 Å². The average molecular weight is 1090 g/mol. The minimum absolute atomic E-state index is 0.248. The summed E-state index contributed by atoms with van der Waals surface area (Å²) in [5.41, 5.74) is 0. The summed E-state index contributed by atoms with van der Waals surface area (Å²) < 4.78 is 11.2. The molecule has 9 unspecified atom stereocenters. The largest absolute Gasteiger partial charge is 0.394 e. The standard InChI is InChI=1S/C66H125NO10/c1-3-5-7-9-11-13-15-17-19-21-23-24-25-26-27-28-29-30-31-32-33-34-35-36-38-39-41-43-45-47-49-51-53-58(69)61(71)57(56-76-66-64(74)63(73)62(72)60(55-68)77-66)67-65(75)59(70)54-52-50-48-46-44-42-40-37-22-20-18-16-14-12-10-8-6-4-2/h12,14,16,18,45,47,57-64,66,68-74H,3-11,13,15,17,19-44,46,48-56H2,1-2H3,(H,67,75)/b14-12-,18-16-,47-45+. The Hall–Kier alpha value is -1.67. The van der Waals surface area contributed by atoms with Crippen LogP contribution in [0.1, 0.15) is 309 Å². The molecule has 77 heavy (non-hydrogen) atoms. The van der Waals surface area contributed by atoms with Crippen LogP contribution < -0.4 is 5.32 Å². The lowest BCUT2D eigenvalue weighted by Gasteiger charge is -2.40. The predicted octanol–water partition coefficient (Wildman–Crippen LogP) is 15.0. The third-order valence-electron chi connectivity index (χ3n) is 15.9. The van der Waals surface area contributed by atoms with Crippen LogP contribution in [0.4, 0.5) is 0 Å². The molecule has 0 aromatic carbocycles. The van der Waals surface area contributed by atoms with E-state index in [1.54, 1.807) is 0 Å². The van der Waals surface area contributed by atoms with Crippen molar-refractivity contribution in [3.63, 3.8) is 0 Å². The number of ether oxygens (including phenoxy) is 2. The lowest BCUT2D eigenvalue weighted by molar-refractivity contribution is -0.303. The summed E-state index contributed by atoms with van der Waals surface area (Å²) in [5.74, 6) is -0.708. The fourth-order valence-corrected chi connectivity index (χ4v) is 10.6. The molecule has 0 aliphatic carbocycles. The average Bonchev–Trinajstić information content (AvgIpc) is 3.43. The molecule has 1 aliphatic heterocycles. The molecule has 0 radical (unpaired) electrons. The first-order chi connectivity index (χ1) is 37.7. The zero-order chi connectivity index (χ0) is 56.1. The van der Waals surface area contributed by atoms with Crippen LogP contribution in [0.3, 0.4) is 0 Å². The van der Waals surface area contributed by atoms with Gasteiger partial charge in [-0.15, -0.1) is 0 Å². The normalized spacial score (nSPS) is 19.7. The molecular weight excluding hydrogens is 967 g/mol. The number of carbonyl (C=O) groups is 1. The molecule has 0 aromatic rings. The summed E-state index contributed by atoms with van der Waals surface area (Å²) in [6, 6.07) is -1.19. The predicted molar refractivity (Wildman–Crippen MR) is 321 cm³/mol. The quantitative estimate of drug-likeness (QED) is 0.0165. The van der Waals surface area contributed by atoms with Crippen LogP contribution in [0, 0.1) is 0 Å². The number of hydrogen-bond acceptors (Lipinski definition) is 10. The van der Waals surface area contributed by atoms with Crippen molar-refractivity contribution in [2.75, 3.05) is 13.2 Å². The van der Waals surface area contributed by atoms with Crippen molar-refractivity contribution >= 4 is 5.91 Å². The molecule has 0 saturated carbocycles. The molecule has 11 heteroatoms. The summed E-state index contributed by atoms with van der Waals surface area (Å²) in [6.45, 7) is 3.45. The first kappa shape index (κ1) is 73.3. The van der Waals surface area contributed by atoms with Crippen LogP contribution in [0.15, 0.2) is 36.5 Å². The molecule has 1 amide bonds. The van der Waals surface area contributed by atoms with E-state index in [1.165, 1.54) is 225 Å². The van der Waals surface area contributed by atoms with Crippen LogP contribution in [0.5, 0.6) is 0 Å². The summed E-state index contributed by atoms with van der Waals surface area (Å²) in [7, 11) is 0. The number of amides is 1. The molecule has 1 aliphatic rings. The Bertz CT molecular complexity index is 1350. The van der Waals surface area contributed by atoms with Gasteiger partial charge in [0.1, 0.15) is 36.6 Å². The van der Waals surface area contributed by atoms with Gasteiger partial charge in [-0.2, -0.15) is 0 Å². The van der Waals surface area contributed by atoms with Crippen LogP contribution >= 0.6 is 0 Å². The maximum atomic E-state index is 13.2. The lowest BCUT2D eigenvalue weighted by atomic mass is 9.98.